The smallest absolute Gasteiger partial charge is 0.508 e. The molecule has 2 aliphatic heterocycles. The van der Waals surface area contributed by atoms with E-state index in [9.17, 15) is 38.4 Å². The lowest BCUT2D eigenvalue weighted by molar-refractivity contribution is -0.149. The van der Waals surface area contributed by atoms with E-state index in [1.54, 1.807) is 24.3 Å². The second-order valence-corrected chi connectivity index (χ2v) is 18.1. The van der Waals surface area contributed by atoms with Gasteiger partial charge in [-0.2, -0.15) is 0 Å². The number of carbonyl (C=O) groups excluding carboxylic acids is 8. The number of carbonyl (C=O) groups is 8. The van der Waals surface area contributed by atoms with E-state index in [4.69, 9.17) is 18.6 Å². The van der Waals surface area contributed by atoms with Gasteiger partial charge in [0.25, 0.3) is 23.8 Å². The summed E-state index contributed by atoms with van der Waals surface area (Å²) < 4.78 is 23.1. The summed E-state index contributed by atoms with van der Waals surface area (Å²) in [5.41, 5.74) is 1.52. The Hall–Kier alpha value is -7.59. The number of benzene rings is 2. The van der Waals surface area contributed by atoms with E-state index in [0.29, 0.717) is 0 Å². The second kappa shape index (κ2) is 26.6. The predicted molar refractivity (Wildman–Crippen MR) is 258 cm³/mol. The Labute approximate surface area is 417 Å². The Morgan fingerprint density at radius 1 is 0.569 bits per heavy atom. The Morgan fingerprint density at radius 3 is 1.31 bits per heavy atom. The van der Waals surface area contributed by atoms with Gasteiger partial charge in [0.15, 0.2) is 0 Å². The first kappa shape index (κ1) is 53.8. The van der Waals surface area contributed by atoms with E-state index in [1.165, 1.54) is 37.2 Å². The highest BCUT2D eigenvalue weighted by molar-refractivity contribution is 6.50. The molecule has 0 unspecified atom stereocenters. The number of rotatable bonds is 23. The number of hydrogen-bond acceptors (Lipinski definition) is 16. The number of hydrogen-bond donors (Lipinski definition) is 6. The third-order valence-electron chi connectivity index (χ3n) is 11.3. The van der Waals surface area contributed by atoms with Gasteiger partial charge < -0.3 is 50.5 Å². The highest BCUT2D eigenvalue weighted by Crippen LogP contribution is 2.21. The number of aromatic nitrogens is 4. The maximum Gasteiger partial charge on any atom is 0.551 e. The van der Waals surface area contributed by atoms with Gasteiger partial charge in [0.05, 0.1) is 37.1 Å². The van der Waals surface area contributed by atoms with Crippen LogP contribution in [0.4, 0.5) is 0 Å². The van der Waals surface area contributed by atoms with E-state index < -0.39 is 111 Å². The van der Waals surface area contributed by atoms with E-state index in [-0.39, 0.29) is 62.0 Å². The van der Waals surface area contributed by atoms with Crippen LogP contribution in [0.1, 0.15) is 85.5 Å². The van der Waals surface area contributed by atoms with Crippen molar-refractivity contribution in [3.8, 4) is 0 Å². The van der Waals surface area contributed by atoms with E-state index in [0.717, 1.165) is 11.1 Å². The SMILES string of the molecule is CC(C)C[C@H](NC(=O)[C@H](Cc1ccccc1)NC(=O)c1cnccn1)B1OC(=O)C[C@H](C(=O)NCCNC(=O)[C@H]2CC(=O)OB([C@H](CC(C)C)NC(=O)[C@H](Cc3ccccc3)NC(=O)c3cnccn3)O2)O1. The number of amides is 6. The lowest BCUT2D eigenvalue weighted by Crippen LogP contribution is -2.60. The van der Waals surface area contributed by atoms with Gasteiger partial charge in [-0.05, 0) is 35.8 Å². The molecule has 0 saturated carbocycles. The van der Waals surface area contributed by atoms with Gasteiger partial charge in [-0.15, -0.1) is 0 Å². The first-order valence-electron chi connectivity index (χ1n) is 23.7. The molecule has 6 atom stereocenters. The lowest BCUT2D eigenvalue weighted by Gasteiger charge is -2.33. The molecule has 22 nitrogen and oxygen atoms in total. The molecule has 24 heteroatoms. The van der Waals surface area contributed by atoms with Crippen LogP contribution in [0.5, 0.6) is 0 Å². The average molecular weight is 989 g/mol. The molecule has 4 aromatic rings. The Balaban J connectivity index is 1.03. The molecule has 0 radical (unpaired) electrons. The quantitative estimate of drug-likeness (QED) is 0.0440. The summed E-state index contributed by atoms with van der Waals surface area (Å²) in [5, 5.41) is 16.5. The molecular formula is C48H58B2N10O12. The molecular weight excluding hydrogens is 930 g/mol. The molecule has 2 aromatic heterocycles. The fraction of sp³-hybridized carbons (Fsp3) is 0.417. The minimum absolute atomic E-state index is 0.00328. The molecule has 72 heavy (non-hydrogen) atoms. The fourth-order valence-electron chi connectivity index (χ4n) is 7.87. The average Bonchev–Trinajstić information content (AvgIpc) is 3.37. The summed E-state index contributed by atoms with van der Waals surface area (Å²) in [6.45, 7) is 7.30. The highest BCUT2D eigenvalue weighted by atomic mass is 16.6. The van der Waals surface area contributed by atoms with Gasteiger partial charge in [-0.25, -0.2) is 9.97 Å². The molecule has 2 aromatic carbocycles. The van der Waals surface area contributed by atoms with Gasteiger partial charge in [-0.3, -0.25) is 48.3 Å². The van der Waals surface area contributed by atoms with E-state index in [1.807, 2.05) is 64.1 Å². The van der Waals surface area contributed by atoms with Crippen LogP contribution in [0.15, 0.2) is 97.8 Å². The number of nitrogens with one attached hydrogen (secondary N) is 6. The molecule has 0 bridgehead atoms. The van der Waals surface area contributed by atoms with Gasteiger partial charge >= 0.3 is 14.2 Å². The van der Waals surface area contributed by atoms with Crippen LogP contribution in [0.2, 0.25) is 0 Å². The van der Waals surface area contributed by atoms with Crippen molar-refractivity contribution in [2.24, 2.45) is 11.8 Å². The van der Waals surface area contributed by atoms with Crippen molar-refractivity contribution in [3.05, 3.63) is 120 Å². The normalized spacial score (nSPS) is 17.3. The van der Waals surface area contributed by atoms with Gasteiger partial charge in [-0.1, -0.05) is 88.4 Å². The third kappa shape index (κ3) is 16.5. The van der Waals surface area contributed by atoms with Crippen molar-refractivity contribution in [2.75, 3.05) is 13.1 Å². The zero-order chi connectivity index (χ0) is 51.6. The molecule has 2 aliphatic rings. The van der Waals surface area contributed by atoms with Crippen molar-refractivity contribution in [3.63, 3.8) is 0 Å². The molecule has 6 N–H and O–H groups in total. The maximum absolute atomic E-state index is 14.0. The molecule has 0 aliphatic carbocycles. The second-order valence-electron chi connectivity index (χ2n) is 18.1. The topological polar surface area (TPSA) is 297 Å². The first-order valence-corrected chi connectivity index (χ1v) is 23.7. The minimum Gasteiger partial charge on any atom is -0.508 e. The predicted octanol–water partition coefficient (Wildman–Crippen LogP) is 0.662. The summed E-state index contributed by atoms with van der Waals surface area (Å²) in [6, 6.07) is 15.9. The van der Waals surface area contributed by atoms with E-state index >= 15 is 0 Å². The first-order chi connectivity index (χ1) is 34.6. The molecule has 378 valence electrons. The van der Waals surface area contributed by atoms with Crippen molar-refractivity contribution >= 4 is 61.6 Å². The lowest BCUT2D eigenvalue weighted by atomic mass is 9.72. The Kier molecular flexibility index (Phi) is 19.8. The zero-order valence-electron chi connectivity index (χ0n) is 40.4. The maximum atomic E-state index is 14.0. The number of nitrogens with zero attached hydrogens (tertiary/aromatic N) is 4. The summed E-state index contributed by atoms with van der Waals surface area (Å²) in [6.07, 6.45) is 5.30. The summed E-state index contributed by atoms with van der Waals surface area (Å²) in [7, 11) is -2.75. The molecule has 2 fully saturated rings. The van der Waals surface area contributed by atoms with Crippen molar-refractivity contribution in [1.82, 2.24) is 51.8 Å². The minimum atomic E-state index is -1.38. The van der Waals surface area contributed by atoms with Crippen LogP contribution in [-0.4, -0.2) is 131 Å². The van der Waals surface area contributed by atoms with Gasteiger partial charge in [0, 0.05) is 50.7 Å². The largest absolute Gasteiger partial charge is 0.551 e. The van der Waals surface area contributed by atoms with Gasteiger partial charge in [0.2, 0.25) is 23.6 Å². The van der Waals surface area contributed by atoms with Crippen molar-refractivity contribution < 1.29 is 57.0 Å². The highest BCUT2D eigenvalue weighted by Gasteiger charge is 2.46. The van der Waals surface area contributed by atoms with Crippen LogP contribution in [0.25, 0.3) is 0 Å². The Morgan fingerprint density at radius 2 is 0.958 bits per heavy atom. The van der Waals surface area contributed by atoms with Crippen LogP contribution in [-0.2, 0) is 60.2 Å². The zero-order valence-corrected chi connectivity index (χ0v) is 40.4. The van der Waals surface area contributed by atoms with Crippen LogP contribution in [0, 0.1) is 11.8 Å². The van der Waals surface area contributed by atoms with E-state index in [2.05, 4.69) is 51.8 Å². The van der Waals surface area contributed by atoms with Crippen molar-refractivity contribution in [1.29, 1.82) is 0 Å². The fourth-order valence-corrected chi connectivity index (χ4v) is 7.87. The van der Waals surface area contributed by atoms with Crippen molar-refractivity contribution in [2.45, 2.75) is 102 Å². The van der Waals surface area contributed by atoms with Crippen LogP contribution < -0.4 is 31.9 Å². The molecule has 4 heterocycles. The van der Waals surface area contributed by atoms with Gasteiger partial charge in [0.1, 0.15) is 35.7 Å². The Bertz CT molecular complexity index is 2310. The summed E-state index contributed by atoms with van der Waals surface area (Å²) in [5.74, 6) is -7.30. The van der Waals surface area contributed by atoms with Crippen LogP contribution in [0.3, 0.4) is 0 Å². The summed E-state index contributed by atoms with van der Waals surface area (Å²) in [4.78, 5) is 123. The van der Waals surface area contributed by atoms with Crippen LogP contribution >= 0.6 is 0 Å². The monoisotopic (exact) mass is 988 g/mol. The standard InChI is InChI=1S/C48H58B2N10O12/c1-29(2)21-39(59-43(63)33(23-31-11-7-5-8-12-31)57-45(65)35-27-51-15-17-53-35)49-69-37(25-41(61)71-49)47(67)55-19-20-56-48(68)38-26-42(62)72-50(70-38)40(22-30(3)4)60-44(64)34(24-32-13-9-6-10-14-32)58-46(66)36-28-52-16-18-54-36/h5-18,27-30,33-34,37-40H,19-26H2,1-4H3,(H,55,67)(H,56,68)(H,57,65)(H,58,66)(H,59,63)(H,60,64)/t33-,34-,37+,38+,39-,40-/m0/s1. The molecule has 6 amide bonds. The third-order valence-corrected chi connectivity index (χ3v) is 11.3. The summed E-state index contributed by atoms with van der Waals surface area (Å²) >= 11 is 0. The molecule has 0 spiro atoms. The molecule has 6 rings (SSSR count). The molecule has 2 saturated heterocycles.